The predicted molar refractivity (Wildman–Crippen MR) is 93.0 cm³/mol. The van der Waals surface area contributed by atoms with Gasteiger partial charge in [0.2, 0.25) is 0 Å². The van der Waals surface area contributed by atoms with Crippen LogP contribution in [0.15, 0.2) is 60.8 Å². The number of nitrogens with one attached hydrogen (secondary N) is 2. The maximum Gasteiger partial charge on any atom is 0.274 e. The SMILES string of the molecule is Cc1ccccc1Nc1ccc(C(=O)Nc2ccc(F)c(F)c2)nc1. The molecule has 0 saturated carbocycles. The van der Waals surface area contributed by atoms with Crippen LogP contribution in [0.25, 0.3) is 0 Å². The van der Waals surface area contributed by atoms with Gasteiger partial charge in [0.1, 0.15) is 5.69 Å². The number of hydrogen-bond acceptors (Lipinski definition) is 3. The molecule has 0 aliphatic heterocycles. The van der Waals surface area contributed by atoms with Crippen molar-refractivity contribution < 1.29 is 13.6 Å². The number of halogens is 2. The Balaban J connectivity index is 1.70. The second-order valence-corrected chi connectivity index (χ2v) is 5.46. The maximum absolute atomic E-state index is 13.2. The molecule has 2 N–H and O–H groups in total. The maximum atomic E-state index is 13.2. The molecule has 0 bridgehead atoms. The number of nitrogens with zero attached hydrogens (tertiary/aromatic N) is 1. The Bertz CT molecular complexity index is 911. The molecule has 126 valence electrons. The summed E-state index contributed by atoms with van der Waals surface area (Å²) in [7, 11) is 0. The topological polar surface area (TPSA) is 54.0 Å². The standard InChI is InChI=1S/C19H15F2N3O/c1-12-4-2-3-5-17(12)23-14-7-9-18(22-11-14)19(25)24-13-6-8-15(20)16(21)10-13/h2-11,23H,1H3,(H,24,25). The average molecular weight is 339 g/mol. The molecule has 0 aliphatic rings. The molecule has 1 aromatic heterocycles. The number of para-hydroxylation sites is 1. The van der Waals surface area contributed by atoms with E-state index in [1.54, 1.807) is 12.1 Å². The Morgan fingerprint density at radius 1 is 0.960 bits per heavy atom. The normalized spacial score (nSPS) is 10.4. The van der Waals surface area contributed by atoms with E-state index in [1.165, 1.54) is 12.3 Å². The Kier molecular flexibility index (Phi) is 4.70. The minimum atomic E-state index is -1.02. The Hall–Kier alpha value is -3.28. The first-order valence-corrected chi connectivity index (χ1v) is 7.58. The highest BCUT2D eigenvalue weighted by atomic mass is 19.2. The lowest BCUT2D eigenvalue weighted by Crippen LogP contribution is -2.13. The highest BCUT2D eigenvalue weighted by Gasteiger charge is 2.10. The van der Waals surface area contributed by atoms with Crippen LogP contribution >= 0.6 is 0 Å². The second-order valence-electron chi connectivity index (χ2n) is 5.46. The fraction of sp³-hybridized carbons (Fsp3) is 0.0526. The fourth-order valence-corrected chi connectivity index (χ4v) is 2.24. The highest BCUT2D eigenvalue weighted by Crippen LogP contribution is 2.20. The Labute approximate surface area is 143 Å². The Morgan fingerprint density at radius 2 is 1.72 bits per heavy atom. The molecule has 0 fully saturated rings. The number of anilines is 3. The molecular weight excluding hydrogens is 324 g/mol. The molecule has 2 aromatic carbocycles. The third-order valence-corrected chi connectivity index (χ3v) is 3.60. The van der Waals surface area contributed by atoms with Crippen LogP contribution in [0.3, 0.4) is 0 Å². The van der Waals surface area contributed by atoms with Gasteiger partial charge in [0.05, 0.1) is 11.9 Å². The smallest absolute Gasteiger partial charge is 0.274 e. The first-order valence-electron chi connectivity index (χ1n) is 7.58. The molecule has 3 rings (SSSR count). The van der Waals surface area contributed by atoms with Gasteiger partial charge in [-0.2, -0.15) is 0 Å². The van der Waals surface area contributed by atoms with Crippen LogP contribution in [-0.4, -0.2) is 10.9 Å². The van der Waals surface area contributed by atoms with E-state index in [0.29, 0.717) is 0 Å². The van der Waals surface area contributed by atoms with Crippen molar-refractivity contribution in [3.8, 4) is 0 Å². The van der Waals surface area contributed by atoms with E-state index in [9.17, 15) is 13.6 Å². The monoisotopic (exact) mass is 339 g/mol. The fourth-order valence-electron chi connectivity index (χ4n) is 2.24. The van der Waals surface area contributed by atoms with Gasteiger partial charge in [-0.1, -0.05) is 18.2 Å². The molecule has 0 unspecified atom stereocenters. The van der Waals surface area contributed by atoms with Crippen molar-refractivity contribution in [2.24, 2.45) is 0 Å². The summed E-state index contributed by atoms with van der Waals surface area (Å²) in [6.07, 6.45) is 1.53. The van der Waals surface area contributed by atoms with E-state index < -0.39 is 17.5 Å². The van der Waals surface area contributed by atoms with E-state index >= 15 is 0 Å². The van der Waals surface area contributed by atoms with Crippen LogP contribution in [0.1, 0.15) is 16.1 Å². The lowest BCUT2D eigenvalue weighted by atomic mass is 10.2. The number of amides is 1. The van der Waals surface area contributed by atoms with Gasteiger partial charge < -0.3 is 10.6 Å². The largest absolute Gasteiger partial charge is 0.354 e. The number of hydrogen-bond donors (Lipinski definition) is 2. The van der Waals surface area contributed by atoms with Gasteiger partial charge in [-0.05, 0) is 42.8 Å². The van der Waals surface area contributed by atoms with E-state index in [-0.39, 0.29) is 11.4 Å². The summed E-state index contributed by atoms with van der Waals surface area (Å²) in [5.74, 6) is -2.50. The number of aromatic nitrogens is 1. The van der Waals surface area contributed by atoms with Gasteiger partial charge >= 0.3 is 0 Å². The summed E-state index contributed by atoms with van der Waals surface area (Å²) >= 11 is 0. The minimum absolute atomic E-state index is 0.160. The van der Waals surface area contributed by atoms with Gasteiger partial charge in [0, 0.05) is 17.4 Å². The molecule has 0 atom stereocenters. The molecule has 25 heavy (non-hydrogen) atoms. The predicted octanol–water partition coefficient (Wildman–Crippen LogP) is 4.66. The summed E-state index contributed by atoms with van der Waals surface area (Å²) in [5, 5.41) is 5.69. The van der Waals surface area contributed by atoms with E-state index in [1.807, 2.05) is 31.2 Å². The molecule has 0 saturated heterocycles. The third kappa shape index (κ3) is 3.98. The van der Waals surface area contributed by atoms with Gasteiger partial charge in [-0.15, -0.1) is 0 Å². The minimum Gasteiger partial charge on any atom is -0.354 e. The molecule has 0 spiro atoms. The zero-order valence-electron chi connectivity index (χ0n) is 13.4. The average Bonchev–Trinajstić information content (AvgIpc) is 2.61. The number of carbonyl (C=O) groups is 1. The van der Waals surface area contributed by atoms with Crippen molar-refractivity contribution in [3.63, 3.8) is 0 Å². The van der Waals surface area contributed by atoms with Crippen LogP contribution in [0.2, 0.25) is 0 Å². The molecule has 0 radical (unpaired) electrons. The van der Waals surface area contributed by atoms with Crippen LogP contribution < -0.4 is 10.6 Å². The second kappa shape index (κ2) is 7.09. The van der Waals surface area contributed by atoms with Gasteiger partial charge in [0.15, 0.2) is 11.6 Å². The summed E-state index contributed by atoms with van der Waals surface area (Å²) in [6, 6.07) is 14.2. The molecule has 6 heteroatoms. The van der Waals surface area contributed by atoms with Crippen LogP contribution in [0, 0.1) is 18.6 Å². The molecule has 1 heterocycles. The molecule has 0 aliphatic carbocycles. The van der Waals surface area contributed by atoms with E-state index in [0.717, 1.165) is 29.1 Å². The first-order chi connectivity index (χ1) is 12.0. The van der Waals surface area contributed by atoms with E-state index in [2.05, 4.69) is 15.6 Å². The van der Waals surface area contributed by atoms with Crippen LogP contribution in [-0.2, 0) is 0 Å². The van der Waals surface area contributed by atoms with Crippen molar-refractivity contribution in [3.05, 3.63) is 83.7 Å². The zero-order chi connectivity index (χ0) is 17.8. The van der Waals surface area contributed by atoms with Gasteiger partial charge in [-0.3, -0.25) is 4.79 Å². The summed E-state index contributed by atoms with van der Waals surface area (Å²) in [6.45, 7) is 1.99. The van der Waals surface area contributed by atoms with Crippen molar-refractivity contribution in [2.75, 3.05) is 10.6 Å². The van der Waals surface area contributed by atoms with Crippen LogP contribution in [0.4, 0.5) is 25.8 Å². The van der Waals surface area contributed by atoms with Crippen molar-refractivity contribution in [2.45, 2.75) is 6.92 Å². The number of rotatable bonds is 4. The van der Waals surface area contributed by atoms with Crippen molar-refractivity contribution >= 4 is 23.0 Å². The summed E-state index contributed by atoms with van der Waals surface area (Å²) in [4.78, 5) is 16.2. The first kappa shape index (κ1) is 16.6. The quantitative estimate of drug-likeness (QED) is 0.727. The third-order valence-electron chi connectivity index (χ3n) is 3.60. The van der Waals surface area contributed by atoms with Crippen molar-refractivity contribution in [1.29, 1.82) is 0 Å². The summed E-state index contributed by atoms with van der Waals surface area (Å²) < 4.78 is 26.1. The molecular formula is C19H15F2N3O. The van der Waals surface area contributed by atoms with Gasteiger partial charge in [0.25, 0.3) is 5.91 Å². The van der Waals surface area contributed by atoms with Gasteiger partial charge in [-0.25, -0.2) is 13.8 Å². The number of pyridine rings is 1. The highest BCUT2D eigenvalue weighted by molar-refractivity contribution is 6.02. The van der Waals surface area contributed by atoms with E-state index in [4.69, 9.17) is 0 Å². The molecule has 1 amide bonds. The number of aryl methyl sites for hydroxylation is 1. The van der Waals surface area contributed by atoms with Crippen molar-refractivity contribution in [1.82, 2.24) is 4.98 Å². The number of benzene rings is 2. The van der Waals surface area contributed by atoms with Crippen LogP contribution in [0.5, 0.6) is 0 Å². The lowest BCUT2D eigenvalue weighted by molar-refractivity contribution is 0.102. The Morgan fingerprint density at radius 3 is 2.40 bits per heavy atom. The summed E-state index contributed by atoms with van der Waals surface area (Å²) in [5.41, 5.74) is 3.09. The zero-order valence-corrected chi connectivity index (χ0v) is 13.4. The number of carbonyl (C=O) groups excluding carboxylic acids is 1. The molecule has 3 aromatic rings. The lowest BCUT2D eigenvalue weighted by Gasteiger charge is -2.10. The molecule has 4 nitrogen and oxygen atoms in total.